The van der Waals surface area contributed by atoms with Gasteiger partial charge in [-0.25, -0.2) is 8.42 Å². The summed E-state index contributed by atoms with van der Waals surface area (Å²) in [5, 5.41) is 13.7. The van der Waals surface area contributed by atoms with E-state index in [1.54, 1.807) is 36.4 Å². The van der Waals surface area contributed by atoms with Crippen LogP contribution in [0.3, 0.4) is 0 Å². The fraction of sp³-hybridized carbons (Fsp3) is 0.0952. The zero-order valence-electron chi connectivity index (χ0n) is 16.7. The predicted octanol–water partition coefficient (Wildman–Crippen LogP) is 3.96. The molecule has 0 saturated carbocycles. The van der Waals surface area contributed by atoms with Crippen molar-refractivity contribution in [1.82, 2.24) is 0 Å². The number of carbonyl (C=O) groups excluding carboxylic acids is 1. The number of para-hydroxylation sites is 1. The number of nitro benzene ring substituents is 1. The number of benzene rings is 3. The van der Waals surface area contributed by atoms with Gasteiger partial charge in [0.05, 0.1) is 28.2 Å². The average Bonchev–Trinajstić information content (AvgIpc) is 2.74. The molecule has 2 N–H and O–H groups in total. The molecule has 0 atom stereocenters. The van der Waals surface area contributed by atoms with E-state index in [0.717, 1.165) is 6.07 Å². The van der Waals surface area contributed by atoms with E-state index in [4.69, 9.17) is 4.74 Å². The largest absolute Gasteiger partial charge is 0.497 e. The van der Waals surface area contributed by atoms with Gasteiger partial charge in [-0.15, -0.1) is 0 Å². The van der Waals surface area contributed by atoms with Crippen LogP contribution in [-0.4, -0.2) is 26.4 Å². The number of amides is 1. The van der Waals surface area contributed by atoms with Crippen molar-refractivity contribution >= 4 is 33.0 Å². The highest BCUT2D eigenvalue weighted by molar-refractivity contribution is 7.92. The van der Waals surface area contributed by atoms with E-state index >= 15 is 0 Å². The maximum Gasteiger partial charge on any atom is 0.270 e. The monoisotopic (exact) mass is 441 g/mol. The molecule has 1 amide bonds. The van der Waals surface area contributed by atoms with Crippen LogP contribution in [0.2, 0.25) is 0 Å². The standard InChI is InChI=1S/C21H19N3O6S/c1-14-7-10-16(24(26)27)13-20(14)31(28,29)23-19-6-4-3-5-18(19)21(25)22-15-8-11-17(30-2)12-9-15/h3-13,23H,1-2H3,(H,22,25). The number of anilines is 2. The van der Waals surface area contributed by atoms with Crippen LogP contribution in [0.15, 0.2) is 71.6 Å². The average molecular weight is 441 g/mol. The lowest BCUT2D eigenvalue weighted by Crippen LogP contribution is -2.19. The fourth-order valence-electron chi connectivity index (χ4n) is 2.83. The molecule has 0 unspecified atom stereocenters. The first-order valence-corrected chi connectivity index (χ1v) is 10.5. The molecular weight excluding hydrogens is 422 g/mol. The Labute approximate surface area is 178 Å². The van der Waals surface area contributed by atoms with E-state index in [-0.39, 0.29) is 21.8 Å². The highest BCUT2D eigenvalue weighted by Gasteiger charge is 2.23. The van der Waals surface area contributed by atoms with E-state index in [1.807, 2.05) is 0 Å². The van der Waals surface area contributed by atoms with E-state index in [0.29, 0.717) is 17.0 Å². The van der Waals surface area contributed by atoms with Crippen molar-refractivity contribution in [2.75, 3.05) is 17.1 Å². The summed E-state index contributed by atoms with van der Waals surface area (Å²) >= 11 is 0. The number of rotatable bonds is 7. The Bertz CT molecular complexity index is 1240. The molecule has 0 aliphatic heterocycles. The first-order chi connectivity index (χ1) is 14.7. The number of non-ortho nitro benzene ring substituents is 1. The Kier molecular flexibility index (Phi) is 6.21. The molecular formula is C21H19N3O6S. The van der Waals surface area contributed by atoms with Crippen molar-refractivity contribution in [3.8, 4) is 5.75 Å². The van der Waals surface area contributed by atoms with E-state index in [9.17, 15) is 23.3 Å². The van der Waals surface area contributed by atoms with Crippen LogP contribution < -0.4 is 14.8 Å². The lowest BCUT2D eigenvalue weighted by atomic mass is 10.1. The summed E-state index contributed by atoms with van der Waals surface area (Å²) in [6.07, 6.45) is 0. The molecule has 0 radical (unpaired) electrons. The Morgan fingerprint density at radius 2 is 1.71 bits per heavy atom. The molecule has 160 valence electrons. The van der Waals surface area contributed by atoms with Crippen molar-refractivity contribution in [3.63, 3.8) is 0 Å². The number of methoxy groups -OCH3 is 1. The third kappa shape index (κ3) is 4.98. The summed E-state index contributed by atoms with van der Waals surface area (Å²) in [6, 6.07) is 16.3. The lowest BCUT2D eigenvalue weighted by Gasteiger charge is -2.14. The van der Waals surface area contributed by atoms with Crippen LogP contribution in [0, 0.1) is 17.0 Å². The van der Waals surface area contributed by atoms with Crippen LogP contribution in [0.1, 0.15) is 15.9 Å². The number of ether oxygens (including phenoxy) is 1. The molecule has 0 saturated heterocycles. The van der Waals surface area contributed by atoms with Gasteiger partial charge in [0, 0.05) is 17.8 Å². The molecule has 0 aliphatic carbocycles. The van der Waals surface area contributed by atoms with E-state index in [2.05, 4.69) is 10.0 Å². The van der Waals surface area contributed by atoms with Crippen molar-refractivity contribution in [3.05, 3.63) is 88.0 Å². The second-order valence-corrected chi connectivity index (χ2v) is 8.19. The number of carbonyl (C=O) groups is 1. The molecule has 0 bridgehead atoms. The van der Waals surface area contributed by atoms with Gasteiger partial charge < -0.3 is 10.1 Å². The second kappa shape index (κ2) is 8.84. The van der Waals surface area contributed by atoms with Crippen LogP contribution in [0.25, 0.3) is 0 Å². The summed E-state index contributed by atoms with van der Waals surface area (Å²) in [6.45, 7) is 1.53. The van der Waals surface area contributed by atoms with Crippen LogP contribution in [0.4, 0.5) is 17.1 Å². The summed E-state index contributed by atoms with van der Waals surface area (Å²) in [7, 11) is -2.66. The topological polar surface area (TPSA) is 128 Å². The van der Waals surface area contributed by atoms with Gasteiger partial charge in [-0.2, -0.15) is 0 Å². The third-order valence-corrected chi connectivity index (χ3v) is 5.94. The minimum Gasteiger partial charge on any atom is -0.497 e. The normalized spacial score (nSPS) is 10.9. The zero-order valence-corrected chi connectivity index (χ0v) is 17.5. The van der Waals surface area contributed by atoms with Gasteiger partial charge in [-0.05, 0) is 48.9 Å². The Morgan fingerprint density at radius 3 is 2.35 bits per heavy atom. The molecule has 0 heterocycles. The van der Waals surface area contributed by atoms with Crippen molar-refractivity contribution in [2.45, 2.75) is 11.8 Å². The van der Waals surface area contributed by atoms with Crippen molar-refractivity contribution < 1.29 is 22.9 Å². The van der Waals surface area contributed by atoms with Crippen LogP contribution in [0.5, 0.6) is 5.75 Å². The van der Waals surface area contributed by atoms with Gasteiger partial charge in [0.15, 0.2) is 0 Å². The van der Waals surface area contributed by atoms with Crippen molar-refractivity contribution in [2.24, 2.45) is 0 Å². The van der Waals surface area contributed by atoms with Gasteiger partial charge in [-0.3, -0.25) is 19.6 Å². The molecule has 3 aromatic carbocycles. The number of nitrogens with zero attached hydrogens (tertiary/aromatic N) is 1. The number of sulfonamides is 1. The quantitative estimate of drug-likeness (QED) is 0.422. The number of nitrogens with one attached hydrogen (secondary N) is 2. The summed E-state index contributed by atoms with van der Waals surface area (Å²) in [4.78, 5) is 22.9. The number of hydrogen-bond donors (Lipinski definition) is 2. The molecule has 3 rings (SSSR count). The SMILES string of the molecule is COc1ccc(NC(=O)c2ccccc2NS(=O)(=O)c2cc([N+](=O)[O-])ccc2C)cc1. The summed E-state index contributed by atoms with van der Waals surface area (Å²) < 4.78 is 33.3. The maximum absolute atomic E-state index is 12.9. The summed E-state index contributed by atoms with van der Waals surface area (Å²) in [5.41, 5.74) is 0.608. The van der Waals surface area contributed by atoms with Gasteiger partial charge in [0.1, 0.15) is 5.75 Å². The lowest BCUT2D eigenvalue weighted by molar-refractivity contribution is -0.385. The second-order valence-electron chi connectivity index (χ2n) is 6.54. The highest BCUT2D eigenvalue weighted by atomic mass is 32.2. The first-order valence-electron chi connectivity index (χ1n) is 9.03. The molecule has 0 spiro atoms. The molecule has 3 aromatic rings. The summed E-state index contributed by atoms with van der Waals surface area (Å²) in [5.74, 6) is 0.0951. The minimum atomic E-state index is -4.19. The molecule has 0 aliphatic rings. The minimum absolute atomic E-state index is 0.0411. The van der Waals surface area contributed by atoms with Gasteiger partial charge in [0.2, 0.25) is 0 Å². The van der Waals surface area contributed by atoms with Gasteiger partial charge in [-0.1, -0.05) is 18.2 Å². The number of aryl methyl sites for hydroxylation is 1. The van der Waals surface area contributed by atoms with E-state index in [1.165, 1.54) is 38.3 Å². The first kappa shape index (κ1) is 21.8. The number of hydrogen-bond acceptors (Lipinski definition) is 6. The Morgan fingerprint density at radius 1 is 1.03 bits per heavy atom. The zero-order chi connectivity index (χ0) is 22.6. The highest BCUT2D eigenvalue weighted by Crippen LogP contribution is 2.26. The molecule has 0 fully saturated rings. The maximum atomic E-state index is 12.9. The smallest absolute Gasteiger partial charge is 0.270 e. The van der Waals surface area contributed by atoms with Crippen LogP contribution in [-0.2, 0) is 10.0 Å². The third-order valence-electron chi connectivity index (χ3n) is 4.44. The molecule has 10 heteroatoms. The number of nitro groups is 1. The fourth-order valence-corrected chi connectivity index (χ4v) is 4.18. The van der Waals surface area contributed by atoms with Crippen LogP contribution >= 0.6 is 0 Å². The van der Waals surface area contributed by atoms with E-state index < -0.39 is 20.9 Å². The Hall–Kier alpha value is -3.92. The molecule has 31 heavy (non-hydrogen) atoms. The molecule has 0 aromatic heterocycles. The van der Waals surface area contributed by atoms with Gasteiger partial charge >= 0.3 is 0 Å². The molecule has 9 nitrogen and oxygen atoms in total. The van der Waals surface area contributed by atoms with Gasteiger partial charge in [0.25, 0.3) is 21.6 Å². The predicted molar refractivity (Wildman–Crippen MR) is 116 cm³/mol. The van der Waals surface area contributed by atoms with Crippen molar-refractivity contribution in [1.29, 1.82) is 0 Å². The Balaban J connectivity index is 1.90.